The molecule has 0 saturated carbocycles. The van der Waals surface area contributed by atoms with E-state index in [9.17, 15) is 0 Å². The summed E-state index contributed by atoms with van der Waals surface area (Å²) in [5, 5.41) is 3.30. The van der Waals surface area contributed by atoms with Gasteiger partial charge in [-0.25, -0.2) is 4.98 Å². The first-order chi connectivity index (χ1) is 8.24. The molecule has 3 N–H and O–H groups in total. The number of pyridine rings is 1. The molecule has 3 nitrogen and oxygen atoms in total. The Morgan fingerprint density at radius 2 is 2.00 bits per heavy atom. The van der Waals surface area contributed by atoms with Crippen LogP contribution in [0, 0.1) is 6.92 Å². The van der Waals surface area contributed by atoms with Gasteiger partial charge in [-0.2, -0.15) is 11.8 Å². The molecule has 1 aromatic heterocycles. The van der Waals surface area contributed by atoms with Crippen molar-refractivity contribution in [1.29, 1.82) is 0 Å². The van der Waals surface area contributed by atoms with Crippen LogP contribution in [0.4, 0.5) is 11.5 Å². The molecule has 0 atom stereocenters. The topological polar surface area (TPSA) is 50.9 Å². The Hall–Kier alpha value is -0.900. The fourth-order valence-corrected chi connectivity index (χ4v) is 2.13. The van der Waals surface area contributed by atoms with Gasteiger partial charge in [-0.3, -0.25) is 0 Å². The second-order valence-electron chi connectivity index (χ2n) is 4.22. The number of hydrogen-bond donors (Lipinski definition) is 2. The molecule has 1 heterocycles. The van der Waals surface area contributed by atoms with Gasteiger partial charge in [0.05, 0.1) is 5.69 Å². The van der Waals surface area contributed by atoms with E-state index in [1.165, 1.54) is 31.4 Å². The lowest BCUT2D eigenvalue weighted by Crippen LogP contribution is -2.06. The first kappa shape index (κ1) is 14.2. The minimum Gasteiger partial charge on any atom is -0.396 e. The lowest BCUT2D eigenvalue weighted by atomic mass is 10.2. The van der Waals surface area contributed by atoms with Gasteiger partial charge in [-0.05, 0) is 43.9 Å². The number of nitrogen functional groups attached to an aromatic ring is 1. The van der Waals surface area contributed by atoms with Crippen LogP contribution in [-0.4, -0.2) is 23.5 Å². The molecule has 0 aliphatic carbocycles. The van der Waals surface area contributed by atoms with Crippen LogP contribution in [0.5, 0.6) is 0 Å². The standard InChI is InChI=1S/C13H23N3S/c1-11-7-8-12(14)13(16-11)15-9-5-3-4-6-10-17-2/h7-8H,3-6,9-10,14H2,1-2H3,(H,15,16). The molecule has 0 aliphatic heterocycles. The summed E-state index contributed by atoms with van der Waals surface area (Å²) in [6.07, 6.45) is 7.27. The van der Waals surface area contributed by atoms with Crippen LogP contribution >= 0.6 is 11.8 Å². The maximum Gasteiger partial charge on any atom is 0.149 e. The van der Waals surface area contributed by atoms with Crippen LogP contribution in [-0.2, 0) is 0 Å². The predicted molar refractivity (Wildman–Crippen MR) is 78.7 cm³/mol. The zero-order chi connectivity index (χ0) is 12.5. The molecular weight excluding hydrogens is 230 g/mol. The van der Waals surface area contributed by atoms with E-state index in [1.54, 1.807) is 0 Å². The maximum absolute atomic E-state index is 5.84. The summed E-state index contributed by atoms with van der Waals surface area (Å²) in [7, 11) is 0. The number of nitrogens with zero attached hydrogens (tertiary/aromatic N) is 1. The van der Waals surface area contributed by atoms with Crippen LogP contribution in [0.15, 0.2) is 12.1 Å². The smallest absolute Gasteiger partial charge is 0.149 e. The number of nitrogens with one attached hydrogen (secondary N) is 1. The third-order valence-electron chi connectivity index (χ3n) is 2.63. The average Bonchev–Trinajstić information content (AvgIpc) is 2.32. The molecular formula is C13H23N3S. The number of rotatable bonds is 8. The molecule has 0 bridgehead atoms. The van der Waals surface area contributed by atoms with Crippen LogP contribution in [0.25, 0.3) is 0 Å². The molecule has 1 aromatic rings. The molecule has 17 heavy (non-hydrogen) atoms. The second kappa shape index (κ2) is 8.23. The van der Waals surface area contributed by atoms with Crippen molar-refractivity contribution in [3.63, 3.8) is 0 Å². The Morgan fingerprint density at radius 3 is 2.76 bits per heavy atom. The fourth-order valence-electron chi connectivity index (χ4n) is 1.64. The van der Waals surface area contributed by atoms with Crippen LogP contribution in [0.1, 0.15) is 31.4 Å². The highest BCUT2D eigenvalue weighted by molar-refractivity contribution is 7.98. The van der Waals surface area contributed by atoms with Gasteiger partial charge in [0.2, 0.25) is 0 Å². The second-order valence-corrected chi connectivity index (χ2v) is 5.21. The van der Waals surface area contributed by atoms with Crippen molar-refractivity contribution in [2.45, 2.75) is 32.6 Å². The molecule has 0 spiro atoms. The van der Waals surface area contributed by atoms with Crippen molar-refractivity contribution in [2.24, 2.45) is 0 Å². The van der Waals surface area contributed by atoms with Crippen LogP contribution in [0.2, 0.25) is 0 Å². The molecule has 0 saturated heterocycles. The zero-order valence-electron chi connectivity index (χ0n) is 10.8. The summed E-state index contributed by atoms with van der Waals surface area (Å²) < 4.78 is 0. The average molecular weight is 253 g/mol. The highest BCUT2D eigenvalue weighted by atomic mass is 32.2. The van der Waals surface area contributed by atoms with Gasteiger partial charge < -0.3 is 11.1 Å². The van der Waals surface area contributed by atoms with Crippen LogP contribution in [0.3, 0.4) is 0 Å². The number of aromatic nitrogens is 1. The van der Waals surface area contributed by atoms with E-state index >= 15 is 0 Å². The Balaban J connectivity index is 2.15. The van der Waals surface area contributed by atoms with Gasteiger partial charge in [0, 0.05) is 12.2 Å². The highest BCUT2D eigenvalue weighted by Gasteiger charge is 1.99. The third kappa shape index (κ3) is 5.82. The van der Waals surface area contributed by atoms with E-state index in [2.05, 4.69) is 16.6 Å². The molecule has 0 aliphatic rings. The fraction of sp³-hybridized carbons (Fsp3) is 0.615. The van der Waals surface area contributed by atoms with E-state index in [1.807, 2.05) is 30.8 Å². The normalized spacial score (nSPS) is 10.5. The van der Waals surface area contributed by atoms with E-state index in [0.29, 0.717) is 0 Å². The van der Waals surface area contributed by atoms with E-state index in [-0.39, 0.29) is 0 Å². The number of thioether (sulfide) groups is 1. The van der Waals surface area contributed by atoms with Crippen molar-refractivity contribution < 1.29 is 0 Å². The van der Waals surface area contributed by atoms with Crippen molar-refractivity contribution >= 4 is 23.3 Å². The Bertz CT molecular complexity index is 328. The molecule has 0 unspecified atom stereocenters. The number of unbranched alkanes of at least 4 members (excludes halogenated alkanes) is 3. The summed E-state index contributed by atoms with van der Waals surface area (Å²) in [5.74, 6) is 2.11. The first-order valence-corrected chi connectivity index (χ1v) is 7.59. The molecule has 0 radical (unpaired) electrons. The maximum atomic E-state index is 5.84. The summed E-state index contributed by atoms with van der Waals surface area (Å²) in [4.78, 5) is 4.38. The molecule has 96 valence electrons. The van der Waals surface area contributed by atoms with Gasteiger partial charge in [-0.15, -0.1) is 0 Å². The van der Waals surface area contributed by atoms with Gasteiger partial charge >= 0.3 is 0 Å². The minimum absolute atomic E-state index is 0.734. The number of nitrogens with two attached hydrogens (primary N) is 1. The first-order valence-electron chi connectivity index (χ1n) is 6.20. The number of hydrogen-bond acceptors (Lipinski definition) is 4. The Labute approximate surface area is 109 Å². The third-order valence-corrected chi connectivity index (χ3v) is 3.33. The largest absolute Gasteiger partial charge is 0.396 e. The van der Waals surface area contributed by atoms with Crippen LogP contribution < -0.4 is 11.1 Å². The van der Waals surface area contributed by atoms with Crippen molar-refractivity contribution in [1.82, 2.24) is 4.98 Å². The number of anilines is 2. The molecule has 4 heteroatoms. The predicted octanol–water partition coefficient (Wildman–Crippen LogP) is 3.31. The van der Waals surface area contributed by atoms with E-state index in [4.69, 9.17) is 5.73 Å². The van der Waals surface area contributed by atoms with Crippen molar-refractivity contribution in [2.75, 3.05) is 29.6 Å². The van der Waals surface area contributed by atoms with Gasteiger partial charge in [0.1, 0.15) is 5.82 Å². The molecule has 0 fully saturated rings. The van der Waals surface area contributed by atoms with E-state index in [0.717, 1.165) is 23.7 Å². The van der Waals surface area contributed by atoms with E-state index < -0.39 is 0 Å². The Morgan fingerprint density at radius 1 is 1.24 bits per heavy atom. The summed E-state index contributed by atoms with van der Waals surface area (Å²) >= 11 is 1.92. The summed E-state index contributed by atoms with van der Waals surface area (Å²) in [6.45, 7) is 2.94. The highest BCUT2D eigenvalue weighted by Crippen LogP contribution is 2.15. The monoisotopic (exact) mass is 253 g/mol. The summed E-state index contributed by atoms with van der Waals surface area (Å²) in [5.41, 5.74) is 7.58. The van der Waals surface area contributed by atoms with Gasteiger partial charge in [-0.1, -0.05) is 12.8 Å². The lowest BCUT2D eigenvalue weighted by Gasteiger charge is -2.08. The molecule has 1 rings (SSSR count). The molecule has 0 aromatic carbocycles. The lowest BCUT2D eigenvalue weighted by molar-refractivity contribution is 0.688. The zero-order valence-corrected chi connectivity index (χ0v) is 11.6. The van der Waals surface area contributed by atoms with Crippen molar-refractivity contribution in [3.05, 3.63) is 17.8 Å². The van der Waals surface area contributed by atoms with Crippen molar-refractivity contribution in [3.8, 4) is 0 Å². The van der Waals surface area contributed by atoms with Gasteiger partial charge in [0.25, 0.3) is 0 Å². The Kier molecular flexibility index (Phi) is 6.86. The minimum atomic E-state index is 0.734. The summed E-state index contributed by atoms with van der Waals surface area (Å²) in [6, 6.07) is 3.84. The molecule has 0 amide bonds. The number of aryl methyl sites for hydroxylation is 1. The quantitative estimate of drug-likeness (QED) is 0.698. The van der Waals surface area contributed by atoms with Gasteiger partial charge in [0.15, 0.2) is 0 Å². The SMILES string of the molecule is CSCCCCCCNc1nc(C)ccc1N.